The van der Waals surface area contributed by atoms with Crippen LogP contribution in [0.1, 0.15) is 6.92 Å². The van der Waals surface area contributed by atoms with E-state index in [1.165, 1.54) is 35.4 Å². The molecule has 1 unspecified atom stereocenters. The minimum absolute atomic E-state index is 0.187. The van der Waals surface area contributed by atoms with E-state index in [2.05, 4.69) is 10.3 Å². The highest BCUT2D eigenvalue weighted by molar-refractivity contribution is 6.27. The summed E-state index contributed by atoms with van der Waals surface area (Å²) in [5.41, 5.74) is 1.09. The van der Waals surface area contributed by atoms with Gasteiger partial charge in [0.1, 0.15) is 39.9 Å². The van der Waals surface area contributed by atoms with Gasteiger partial charge in [-0.05, 0) is 67.6 Å². The maximum atomic E-state index is 13.4. The Bertz CT molecular complexity index is 1630. The SMILES string of the molecule is CCN1C=C(C(=O)Nc2ccc(Oc3ccnc4c(OC)cc(OC)cc34)cc2)C(=O)N(c2ccc(F)cc2)C1O. The Labute approximate surface area is 235 Å². The largest absolute Gasteiger partial charge is 0.497 e. The first-order valence-corrected chi connectivity index (χ1v) is 12.7. The summed E-state index contributed by atoms with van der Waals surface area (Å²) in [6.45, 7) is 2.08. The zero-order valence-corrected chi connectivity index (χ0v) is 22.5. The van der Waals surface area contributed by atoms with Crippen LogP contribution in [-0.4, -0.2) is 53.9 Å². The van der Waals surface area contributed by atoms with E-state index in [1.54, 1.807) is 69.8 Å². The van der Waals surface area contributed by atoms with Gasteiger partial charge in [-0.2, -0.15) is 0 Å². The number of aliphatic hydroxyl groups excluding tert-OH is 1. The number of carbonyl (C=O) groups is 2. The standard InChI is InChI=1S/C30H27FN4O6/c1-4-34-17-24(29(37)35(30(34)38)20-9-5-18(31)6-10-20)28(36)33-19-7-11-21(12-8-19)41-25-13-14-32-27-23(25)15-22(39-2)16-26(27)40-3/h5-17,30,38H,4H2,1-3H3,(H,33,36). The number of nitrogens with zero attached hydrogens (tertiary/aromatic N) is 3. The monoisotopic (exact) mass is 558 g/mol. The Morgan fingerprint density at radius 3 is 2.39 bits per heavy atom. The van der Waals surface area contributed by atoms with Gasteiger partial charge >= 0.3 is 0 Å². The third kappa shape index (κ3) is 5.48. The molecule has 5 rings (SSSR count). The van der Waals surface area contributed by atoms with Gasteiger partial charge in [-0.15, -0.1) is 0 Å². The number of aromatic nitrogens is 1. The van der Waals surface area contributed by atoms with Crippen LogP contribution in [0.2, 0.25) is 0 Å². The summed E-state index contributed by atoms with van der Waals surface area (Å²) in [5, 5.41) is 14.1. The normalized spacial score (nSPS) is 15.0. The van der Waals surface area contributed by atoms with Crippen LogP contribution in [-0.2, 0) is 9.59 Å². The molecule has 0 saturated carbocycles. The highest BCUT2D eigenvalue weighted by Gasteiger charge is 2.37. The Hall–Kier alpha value is -5.16. The minimum atomic E-state index is -1.35. The molecule has 41 heavy (non-hydrogen) atoms. The number of nitrogens with one attached hydrogen (secondary N) is 1. The van der Waals surface area contributed by atoms with Crippen molar-refractivity contribution in [3.05, 3.63) is 90.5 Å². The zero-order chi connectivity index (χ0) is 29.1. The smallest absolute Gasteiger partial charge is 0.268 e. The molecule has 0 bridgehead atoms. The van der Waals surface area contributed by atoms with Crippen molar-refractivity contribution < 1.29 is 33.3 Å². The van der Waals surface area contributed by atoms with Gasteiger partial charge in [-0.25, -0.2) is 4.39 Å². The van der Waals surface area contributed by atoms with Crippen LogP contribution < -0.4 is 24.4 Å². The molecule has 1 aromatic heterocycles. The number of carbonyl (C=O) groups excluding carboxylic acids is 2. The first-order chi connectivity index (χ1) is 19.8. The fourth-order valence-corrected chi connectivity index (χ4v) is 4.40. The van der Waals surface area contributed by atoms with Gasteiger partial charge in [0.2, 0.25) is 6.35 Å². The summed E-state index contributed by atoms with van der Waals surface area (Å²) < 4.78 is 30.4. The summed E-state index contributed by atoms with van der Waals surface area (Å²) in [5.74, 6) is 0.277. The Balaban J connectivity index is 1.35. The lowest BCUT2D eigenvalue weighted by atomic mass is 10.1. The maximum absolute atomic E-state index is 13.4. The highest BCUT2D eigenvalue weighted by atomic mass is 19.1. The predicted octanol–water partition coefficient (Wildman–Crippen LogP) is 4.65. The molecule has 0 aliphatic carbocycles. The molecular weight excluding hydrogens is 531 g/mol. The molecule has 0 fully saturated rings. The average molecular weight is 559 g/mol. The van der Waals surface area contributed by atoms with Gasteiger partial charge in [0.05, 0.1) is 19.6 Å². The molecule has 2 N–H and O–H groups in total. The van der Waals surface area contributed by atoms with Crippen molar-refractivity contribution in [1.82, 2.24) is 9.88 Å². The van der Waals surface area contributed by atoms with Crippen molar-refractivity contribution in [1.29, 1.82) is 0 Å². The fraction of sp³-hybridized carbons (Fsp3) is 0.167. The number of fused-ring (bicyclic) bond motifs is 1. The van der Waals surface area contributed by atoms with E-state index in [4.69, 9.17) is 14.2 Å². The van der Waals surface area contributed by atoms with Crippen LogP contribution in [0, 0.1) is 5.82 Å². The van der Waals surface area contributed by atoms with Crippen molar-refractivity contribution in [2.75, 3.05) is 31.0 Å². The molecule has 1 aliphatic heterocycles. The van der Waals surface area contributed by atoms with Crippen LogP contribution in [0.25, 0.3) is 10.9 Å². The molecule has 11 heteroatoms. The number of halogens is 1. The molecule has 2 amide bonds. The first-order valence-electron chi connectivity index (χ1n) is 12.7. The molecular formula is C30H27FN4O6. The van der Waals surface area contributed by atoms with Crippen LogP contribution >= 0.6 is 0 Å². The van der Waals surface area contributed by atoms with Crippen molar-refractivity contribution in [3.63, 3.8) is 0 Å². The summed E-state index contributed by atoms with van der Waals surface area (Å²) in [4.78, 5) is 33.3. The predicted molar refractivity (Wildman–Crippen MR) is 150 cm³/mol. The Morgan fingerprint density at radius 1 is 1.00 bits per heavy atom. The van der Waals surface area contributed by atoms with E-state index in [1.807, 2.05) is 0 Å². The number of ether oxygens (including phenoxy) is 3. The second kappa shape index (κ2) is 11.5. The lowest BCUT2D eigenvalue weighted by molar-refractivity contribution is -0.124. The van der Waals surface area contributed by atoms with Gasteiger partial charge in [-0.3, -0.25) is 19.5 Å². The van der Waals surface area contributed by atoms with Crippen molar-refractivity contribution in [3.8, 4) is 23.0 Å². The number of amides is 2. The Kier molecular flexibility index (Phi) is 7.70. The van der Waals surface area contributed by atoms with Gasteiger partial charge in [-0.1, -0.05) is 0 Å². The van der Waals surface area contributed by atoms with Crippen LogP contribution in [0.4, 0.5) is 15.8 Å². The number of pyridine rings is 1. The number of benzene rings is 3. The second-order valence-electron chi connectivity index (χ2n) is 8.99. The van der Waals surface area contributed by atoms with E-state index in [0.717, 1.165) is 4.90 Å². The van der Waals surface area contributed by atoms with E-state index in [-0.39, 0.29) is 11.3 Å². The van der Waals surface area contributed by atoms with E-state index < -0.39 is 24.0 Å². The van der Waals surface area contributed by atoms with Gasteiger partial charge in [0, 0.05) is 36.4 Å². The molecule has 0 radical (unpaired) electrons. The van der Waals surface area contributed by atoms with E-state index >= 15 is 0 Å². The molecule has 1 aliphatic rings. The average Bonchev–Trinajstić information content (AvgIpc) is 2.98. The molecule has 4 aromatic rings. The number of hydrogen-bond donors (Lipinski definition) is 2. The molecule has 210 valence electrons. The van der Waals surface area contributed by atoms with E-state index in [0.29, 0.717) is 46.1 Å². The number of methoxy groups -OCH3 is 2. The molecule has 0 spiro atoms. The summed E-state index contributed by atoms with van der Waals surface area (Å²) in [6.07, 6.45) is 1.58. The van der Waals surface area contributed by atoms with Crippen LogP contribution in [0.3, 0.4) is 0 Å². The van der Waals surface area contributed by atoms with Crippen LogP contribution in [0.15, 0.2) is 84.7 Å². The number of hydrogen-bond acceptors (Lipinski definition) is 8. The third-order valence-corrected chi connectivity index (χ3v) is 6.53. The second-order valence-corrected chi connectivity index (χ2v) is 8.99. The highest BCUT2D eigenvalue weighted by Crippen LogP contribution is 2.37. The number of aliphatic hydroxyl groups is 1. The quantitative estimate of drug-likeness (QED) is 0.301. The molecule has 3 aromatic carbocycles. The Morgan fingerprint density at radius 2 is 1.73 bits per heavy atom. The molecule has 2 heterocycles. The lowest BCUT2D eigenvalue weighted by Gasteiger charge is -2.39. The summed E-state index contributed by atoms with van der Waals surface area (Å²) >= 11 is 0. The number of rotatable bonds is 8. The zero-order valence-electron chi connectivity index (χ0n) is 22.5. The first kappa shape index (κ1) is 27.4. The van der Waals surface area contributed by atoms with Gasteiger partial charge in [0.15, 0.2) is 0 Å². The summed E-state index contributed by atoms with van der Waals surface area (Å²) in [6, 6.07) is 16.9. The maximum Gasteiger partial charge on any atom is 0.268 e. The fourth-order valence-electron chi connectivity index (χ4n) is 4.40. The minimum Gasteiger partial charge on any atom is -0.497 e. The van der Waals surface area contributed by atoms with Gasteiger partial charge < -0.3 is 29.5 Å². The number of anilines is 2. The van der Waals surface area contributed by atoms with Crippen molar-refractivity contribution >= 4 is 34.1 Å². The molecule has 1 atom stereocenters. The lowest BCUT2D eigenvalue weighted by Crippen LogP contribution is -2.54. The van der Waals surface area contributed by atoms with E-state index in [9.17, 15) is 19.1 Å². The summed E-state index contributed by atoms with van der Waals surface area (Å²) in [7, 11) is 3.11. The van der Waals surface area contributed by atoms with Crippen molar-refractivity contribution in [2.45, 2.75) is 13.3 Å². The topological polar surface area (TPSA) is 113 Å². The molecule has 10 nitrogen and oxygen atoms in total. The van der Waals surface area contributed by atoms with Crippen molar-refractivity contribution in [2.24, 2.45) is 0 Å². The molecule has 0 saturated heterocycles. The van der Waals surface area contributed by atoms with Gasteiger partial charge in [0.25, 0.3) is 11.8 Å². The third-order valence-electron chi connectivity index (χ3n) is 6.53. The van der Waals surface area contributed by atoms with Crippen LogP contribution in [0.5, 0.6) is 23.0 Å².